The first-order valence-electron chi connectivity index (χ1n) is 6.51. The van der Waals surface area contributed by atoms with Crippen molar-refractivity contribution in [2.24, 2.45) is 7.05 Å². The van der Waals surface area contributed by atoms with Gasteiger partial charge in [-0.05, 0) is 19.1 Å². The Kier molecular flexibility index (Phi) is 4.70. The van der Waals surface area contributed by atoms with E-state index in [0.29, 0.717) is 18.1 Å². The van der Waals surface area contributed by atoms with E-state index >= 15 is 0 Å². The molecule has 0 aliphatic carbocycles. The standard InChI is InChI=1S/C14H17ClN4O2/c1-10-12(17-14(21)16-9-8-15)13(20)19(18(10)2)11-6-4-3-5-7-11/h3-7H,8-9H2,1-2H3,(H2,16,17,21). The summed E-state index contributed by atoms with van der Waals surface area (Å²) in [4.78, 5) is 24.2. The van der Waals surface area contributed by atoms with Crippen LogP contribution in [0.5, 0.6) is 0 Å². The number of nitrogens with zero attached hydrogens (tertiary/aromatic N) is 2. The minimum absolute atomic E-state index is 0.258. The summed E-state index contributed by atoms with van der Waals surface area (Å²) in [7, 11) is 1.77. The van der Waals surface area contributed by atoms with Gasteiger partial charge in [0.2, 0.25) is 0 Å². The number of alkyl halides is 1. The predicted molar refractivity (Wildman–Crippen MR) is 83.5 cm³/mol. The molecular weight excluding hydrogens is 292 g/mol. The largest absolute Gasteiger partial charge is 0.337 e. The van der Waals surface area contributed by atoms with Crippen LogP contribution in [0.3, 0.4) is 0 Å². The number of hydrogen-bond donors (Lipinski definition) is 2. The van der Waals surface area contributed by atoms with Gasteiger partial charge in [0.25, 0.3) is 5.56 Å². The van der Waals surface area contributed by atoms with Crippen molar-refractivity contribution in [2.45, 2.75) is 6.92 Å². The first-order chi connectivity index (χ1) is 10.1. The number of rotatable bonds is 4. The summed E-state index contributed by atoms with van der Waals surface area (Å²) in [6, 6.07) is 8.80. The molecule has 6 nitrogen and oxygen atoms in total. The van der Waals surface area contributed by atoms with Gasteiger partial charge < -0.3 is 10.6 Å². The molecule has 1 aromatic heterocycles. The Morgan fingerprint density at radius 2 is 1.95 bits per heavy atom. The summed E-state index contributed by atoms with van der Waals surface area (Å²) in [5.74, 6) is 0.315. The molecular formula is C14H17ClN4O2. The number of hydrogen-bond acceptors (Lipinski definition) is 2. The minimum atomic E-state index is -0.443. The molecule has 0 atom stereocenters. The molecule has 2 rings (SSSR count). The van der Waals surface area contributed by atoms with Crippen molar-refractivity contribution in [3.63, 3.8) is 0 Å². The molecule has 0 saturated carbocycles. The molecule has 2 aromatic rings. The van der Waals surface area contributed by atoms with E-state index in [0.717, 1.165) is 5.69 Å². The van der Waals surface area contributed by atoms with E-state index in [2.05, 4.69) is 10.6 Å². The fourth-order valence-electron chi connectivity index (χ4n) is 2.03. The highest BCUT2D eigenvalue weighted by molar-refractivity contribution is 6.18. The number of para-hydroxylation sites is 1. The lowest BCUT2D eigenvalue weighted by Crippen LogP contribution is -2.32. The van der Waals surface area contributed by atoms with Crippen molar-refractivity contribution in [3.05, 3.63) is 46.4 Å². The minimum Gasteiger partial charge on any atom is -0.337 e. The number of carbonyl (C=O) groups excluding carboxylic acids is 1. The number of carbonyl (C=O) groups is 1. The number of amides is 2. The summed E-state index contributed by atoms with van der Waals surface area (Å²) < 4.78 is 3.21. The summed E-state index contributed by atoms with van der Waals surface area (Å²) in [6.45, 7) is 2.12. The van der Waals surface area contributed by atoms with Crippen LogP contribution in [0, 0.1) is 6.92 Å². The molecule has 2 N–H and O–H groups in total. The van der Waals surface area contributed by atoms with Crippen LogP contribution in [0.1, 0.15) is 5.69 Å². The lowest BCUT2D eigenvalue weighted by molar-refractivity contribution is 0.252. The van der Waals surface area contributed by atoms with Crippen LogP contribution in [0.15, 0.2) is 35.1 Å². The first kappa shape index (κ1) is 15.2. The molecule has 0 bridgehead atoms. The van der Waals surface area contributed by atoms with Crippen molar-refractivity contribution >= 4 is 23.3 Å². The topological polar surface area (TPSA) is 68.1 Å². The Morgan fingerprint density at radius 3 is 2.57 bits per heavy atom. The molecule has 1 aromatic carbocycles. The SMILES string of the molecule is Cc1c(NC(=O)NCCCl)c(=O)n(-c2ccccc2)n1C. The van der Waals surface area contributed by atoms with E-state index in [1.807, 2.05) is 30.3 Å². The van der Waals surface area contributed by atoms with Gasteiger partial charge in [-0.2, -0.15) is 0 Å². The molecule has 7 heteroatoms. The number of aromatic nitrogens is 2. The second-order valence-electron chi connectivity index (χ2n) is 4.51. The van der Waals surface area contributed by atoms with Crippen LogP contribution in [-0.4, -0.2) is 27.8 Å². The molecule has 0 fully saturated rings. The van der Waals surface area contributed by atoms with Gasteiger partial charge in [0, 0.05) is 19.5 Å². The lowest BCUT2D eigenvalue weighted by Gasteiger charge is -2.07. The number of benzene rings is 1. The first-order valence-corrected chi connectivity index (χ1v) is 7.04. The summed E-state index contributed by atoms with van der Waals surface area (Å²) in [5.41, 5.74) is 1.39. The highest BCUT2D eigenvalue weighted by Crippen LogP contribution is 2.13. The zero-order valence-corrected chi connectivity index (χ0v) is 12.6. The van der Waals surface area contributed by atoms with Crippen LogP contribution >= 0.6 is 11.6 Å². The molecule has 112 valence electrons. The molecule has 0 radical (unpaired) electrons. The van der Waals surface area contributed by atoms with Gasteiger partial charge in [-0.25, -0.2) is 9.48 Å². The number of halogens is 1. The molecule has 0 aliphatic heterocycles. The quantitative estimate of drug-likeness (QED) is 0.846. The van der Waals surface area contributed by atoms with Crippen molar-refractivity contribution in [3.8, 4) is 5.69 Å². The molecule has 21 heavy (non-hydrogen) atoms. The van der Waals surface area contributed by atoms with Crippen LogP contribution in [-0.2, 0) is 7.05 Å². The van der Waals surface area contributed by atoms with Crippen molar-refractivity contribution < 1.29 is 4.79 Å². The van der Waals surface area contributed by atoms with E-state index in [-0.39, 0.29) is 11.2 Å². The molecule has 0 unspecified atom stereocenters. The van der Waals surface area contributed by atoms with Gasteiger partial charge >= 0.3 is 6.03 Å². The Morgan fingerprint density at radius 1 is 1.29 bits per heavy atom. The molecule has 0 spiro atoms. The van der Waals surface area contributed by atoms with Gasteiger partial charge in [-0.1, -0.05) is 18.2 Å². The normalized spacial score (nSPS) is 10.4. The van der Waals surface area contributed by atoms with Crippen LogP contribution < -0.4 is 16.2 Å². The second kappa shape index (κ2) is 6.49. The third-order valence-corrected chi connectivity index (χ3v) is 3.36. The molecule has 0 aliphatic rings. The fourth-order valence-corrected chi connectivity index (χ4v) is 2.13. The number of anilines is 1. The van der Waals surface area contributed by atoms with Crippen LogP contribution in [0.4, 0.5) is 10.5 Å². The second-order valence-corrected chi connectivity index (χ2v) is 4.88. The monoisotopic (exact) mass is 308 g/mol. The maximum Gasteiger partial charge on any atom is 0.319 e. The van der Waals surface area contributed by atoms with Gasteiger partial charge in [-0.3, -0.25) is 9.48 Å². The fraction of sp³-hybridized carbons (Fsp3) is 0.286. The maximum atomic E-state index is 12.5. The smallest absolute Gasteiger partial charge is 0.319 e. The van der Waals surface area contributed by atoms with E-state index < -0.39 is 6.03 Å². The Bertz CT molecular complexity index is 691. The molecule has 1 heterocycles. The molecule has 0 saturated heterocycles. The van der Waals surface area contributed by atoms with Crippen molar-refractivity contribution in [1.29, 1.82) is 0 Å². The third kappa shape index (κ3) is 3.11. The molecule has 2 amide bonds. The summed E-state index contributed by atoms with van der Waals surface area (Å²) in [5, 5.41) is 5.15. The van der Waals surface area contributed by atoms with Crippen molar-refractivity contribution in [2.75, 3.05) is 17.7 Å². The average Bonchev–Trinajstić information content (AvgIpc) is 2.70. The number of urea groups is 1. The Hall–Kier alpha value is -2.21. The zero-order chi connectivity index (χ0) is 15.4. The van der Waals surface area contributed by atoms with Crippen LogP contribution in [0.2, 0.25) is 0 Å². The Labute approximate surface area is 127 Å². The van der Waals surface area contributed by atoms with Gasteiger partial charge in [0.05, 0.1) is 11.4 Å². The van der Waals surface area contributed by atoms with E-state index in [9.17, 15) is 9.59 Å². The summed E-state index contributed by atoms with van der Waals surface area (Å²) >= 11 is 5.51. The predicted octanol–water partition coefficient (Wildman–Crippen LogP) is 1.84. The third-order valence-electron chi connectivity index (χ3n) is 3.17. The van der Waals surface area contributed by atoms with Gasteiger partial charge in [0.15, 0.2) is 0 Å². The summed E-state index contributed by atoms with van der Waals surface area (Å²) in [6.07, 6.45) is 0. The van der Waals surface area contributed by atoms with E-state index in [1.54, 1.807) is 18.7 Å². The van der Waals surface area contributed by atoms with Gasteiger partial charge in [-0.15, -0.1) is 11.6 Å². The maximum absolute atomic E-state index is 12.5. The van der Waals surface area contributed by atoms with E-state index in [4.69, 9.17) is 11.6 Å². The highest BCUT2D eigenvalue weighted by Gasteiger charge is 2.17. The average molecular weight is 309 g/mol. The lowest BCUT2D eigenvalue weighted by atomic mass is 10.3. The zero-order valence-electron chi connectivity index (χ0n) is 11.9. The highest BCUT2D eigenvalue weighted by atomic mass is 35.5. The van der Waals surface area contributed by atoms with Crippen molar-refractivity contribution in [1.82, 2.24) is 14.7 Å². The van der Waals surface area contributed by atoms with Gasteiger partial charge in [0.1, 0.15) is 5.69 Å². The van der Waals surface area contributed by atoms with Crippen LogP contribution in [0.25, 0.3) is 5.69 Å². The van der Waals surface area contributed by atoms with E-state index in [1.165, 1.54) is 4.68 Å². The Balaban J connectivity index is 2.37. The number of nitrogens with one attached hydrogen (secondary N) is 2.